The van der Waals surface area contributed by atoms with Gasteiger partial charge in [-0.15, -0.1) is 0 Å². The number of benzene rings is 3. The average Bonchev–Trinajstić information content (AvgIpc) is 2.71. The maximum Gasteiger partial charge on any atom is 0.261 e. The minimum absolute atomic E-state index is 0.0527. The van der Waals surface area contributed by atoms with Crippen molar-refractivity contribution in [2.75, 3.05) is 21.0 Å². The van der Waals surface area contributed by atoms with Gasteiger partial charge in [0, 0.05) is 11.3 Å². The van der Waals surface area contributed by atoms with Crippen LogP contribution in [-0.2, 0) is 20.0 Å². The summed E-state index contributed by atoms with van der Waals surface area (Å²) in [5.74, 6) is -0.450. The summed E-state index contributed by atoms with van der Waals surface area (Å²) >= 11 is 0. The van der Waals surface area contributed by atoms with E-state index in [1.165, 1.54) is 24.3 Å². The van der Waals surface area contributed by atoms with Gasteiger partial charge in [0.1, 0.15) is 0 Å². The van der Waals surface area contributed by atoms with Gasteiger partial charge >= 0.3 is 0 Å². The maximum atomic E-state index is 12.8. The number of nitrogens with one attached hydrogen (secondary N) is 3. The maximum absolute atomic E-state index is 12.8. The van der Waals surface area contributed by atoms with Crippen molar-refractivity contribution < 1.29 is 21.6 Å². The number of aryl methyl sites for hydroxylation is 2. The van der Waals surface area contributed by atoms with E-state index in [-0.39, 0.29) is 10.5 Å². The Morgan fingerprint density at radius 1 is 0.788 bits per heavy atom. The number of amides is 1. The van der Waals surface area contributed by atoms with Crippen LogP contribution in [0.15, 0.2) is 65.6 Å². The van der Waals surface area contributed by atoms with Crippen molar-refractivity contribution in [3.63, 3.8) is 0 Å². The van der Waals surface area contributed by atoms with E-state index in [0.717, 1.165) is 17.4 Å². The summed E-state index contributed by atoms with van der Waals surface area (Å²) in [6.07, 6.45) is 1.03. The molecule has 0 unspecified atom stereocenters. The van der Waals surface area contributed by atoms with Crippen molar-refractivity contribution in [1.82, 2.24) is 0 Å². The summed E-state index contributed by atoms with van der Waals surface area (Å²) in [6.45, 7) is 5.33. The largest absolute Gasteiger partial charge is 0.322 e. The number of hydrogen-bond acceptors (Lipinski definition) is 5. The summed E-state index contributed by atoms with van der Waals surface area (Å²) in [6, 6.07) is 16.0. The molecule has 0 heterocycles. The number of carbonyl (C=O) groups is 1. The Kier molecular flexibility index (Phi) is 6.80. The van der Waals surface area contributed by atoms with Crippen LogP contribution < -0.4 is 14.8 Å². The van der Waals surface area contributed by atoms with Crippen molar-refractivity contribution >= 4 is 43.0 Å². The standard InChI is InChI=1S/C23H25N3O5S2/c1-15-8-9-16(2)22(14-15)26-33(30,31)19-12-10-18(11-13-19)24-23(27)20-6-5-7-21(17(20)3)25-32(4,28)29/h5-14,25-26H,1-4H3,(H,24,27). The summed E-state index contributed by atoms with van der Waals surface area (Å²) in [7, 11) is -7.30. The van der Waals surface area contributed by atoms with Gasteiger partial charge in [0.15, 0.2) is 0 Å². The molecule has 1 amide bonds. The van der Waals surface area contributed by atoms with Gasteiger partial charge < -0.3 is 5.32 Å². The van der Waals surface area contributed by atoms with Crippen LogP contribution in [0.3, 0.4) is 0 Å². The molecule has 3 aromatic rings. The van der Waals surface area contributed by atoms with Gasteiger partial charge in [0.25, 0.3) is 15.9 Å². The van der Waals surface area contributed by atoms with Gasteiger partial charge in [-0.2, -0.15) is 0 Å². The number of hydrogen-bond donors (Lipinski definition) is 3. The van der Waals surface area contributed by atoms with Crippen molar-refractivity contribution in [3.8, 4) is 0 Å². The smallest absolute Gasteiger partial charge is 0.261 e. The van der Waals surface area contributed by atoms with E-state index in [1.54, 1.807) is 31.2 Å². The Labute approximate surface area is 194 Å². The van der Waals surface area contributed by atoms with E-state index in [1.807, 2.05) is 26.0 Å². The normalized spacial score (nSPS) is 11.6. The van der Waals surface area contributed by atoms with Crippen molar-refractivity contribution in [1.29, 1.82) is 0 Å². The predicted molar refractivity (Wildman–Crippen MR) is 131 cm³/mol. The SMILES string of the molecule is Cc1ccc(C)c(NS(=O)(=O)c2ccc(NC(=O)c3cccc(NS(C)(=O)=O)c3C)cc2)c1. The zero-order valence-corrected chi connectivity index (χ0v) is 20.3. The van der Waals surface area contributed by atoms with E-state index >= 15 is 0 Å². The van der Waals surface area contributed by atoms with Crippen LogP contribution in [0.25, 0.3) is 0 Å². The second kappa shape index (κ2) is 9.24. The van der Waals surface area contributed by atoms with E-state index in [2.05, 4.69) is 14.8 Å². The highest BCUT2D eigenvalue weighted by Crippen LogP contribution is 2.24. The van der Waals surface area contributed by atoms with Crippen LogP contribution in [0.4, 0.5) is 17.1 Å². The first-order valence-corrected chi connectivity index (χ1v) is 13.3. The highest BCUT2D eigenvalue weighted by Gasteiger charge is 2.17. The van der Waals surface area contributed by atoms with Crippen LogP contribution in [0.5, 0.6) is 0 Å². The van der Waals surface area contributed by atoms with Crippen LogP contribution in [-0.4, -0.2) is 29.0 Å². The molecule has 0 saturated carbocycles. The van der Waals surface area contributed by atoms with Gasteiger partial charge in [0.05, 0.1) is 22.5 Å². The van der Waals surface area contributed by atoms with Gasteiger partial charge in [-0.1, -0.05) is 18.2 Å². The first-order chi connectivity index (χ1) is 15.4. The molecule has 3 rings (SSSR count). The third-order valence-corrected chi connectivity index (χ3v) is 6.91. The molecule has 0 bridgehead atoms. The van der Waals surface area contributed by atoms with Gasteiger partial charge in [0.2, 0.25) is 10.0 Å². The lowest BCUT2D eigenvalue weighted by Crippen LogP contribution is -2.17. The fraction of sp³-hybridized carbons (Fsp3) is 0.174. The molecule has 3 aromatic carbocycles. The zero-order chi connectivity index (χ0) is 24.4. The molecule has 10 heteroatoms. The minimum Gasteiger partial charge on any atom is -0.322 e. The number of rotatable bonds is 7. The lowest BCUT2D eigenvalue weighted by molar-refractivity contribution is 0.102. The molecule has 3 N–H and O–H groups in total. The Hall–Kier alpha value is -3.37. The number of carbonyl (C=O) groups excluding carboxylic acids is 1. The van der Waals surface area contributed by atoms with Crippen molar-refractivity contribution in [2.24, 2.45) is 0 Å². The molecule has 0 radical (unpaired) electrons. The molecule has 174 valence electrons. The first-order valence-electron chi connectivity index (χ1n) is 9.94. The van der Waals surface area contributed by atoms with E-state index < -0.39 is 26.0 Å². The summed E-state index contributed by atoms with van der Waals surface area (Å²) in [5, 5.41) is 2.70. The quantitative estimate of drug-likeness (QED) is 0.464. The molecule has 0 aliphatic heterocycles. The number of anilines is 3. The molecular formula is C23H25N3O5S2. The lowest BCUT2D eigenvalue weighted by atomic mass is 10.1. The Morgan fingerprint density at radius 2 is 1.45 bits per heavy atom. The van der Waals surface area contributed by atoms with Crippen LogP contribution >= 0.6 is 0 Å². The monoisotopic (exact) mass is 487 g/mol. The predicted octanol–water partition coefficient (Wildman–Crippen LogP) is 4.04. The fourth-order valence-electron chi connectivity index (χ4n) is 3.16. The molecule has 0 spiro atoms. The molecule has 0 atom stereocenters. The average molecular weight is 488 g/mol. The molecule has 0 aromatic heterocycles. The highest BCUT2D eigenvalue weighted by molar-refractivity contribution is 7.92. The second-order valence-corrected chi connectivity index (χ2v) is 11.2. The molecule has 8 nitrogen and oxygen atoms in total. The van der Waals surface area contributed by atoms with Crippen molar-refractivity contribution in [2.45, 2.75) is 25.7 Å². The third-order valence-electron chi connectivity index (χ3n) is 4.93. The van der Waals surface area contributed by atoms with Gasteiger partial charge in [-0.05, 0) is 79.9 Å². The topological polar surface area (TPSA) is 121 Å². The lowest BCUT2D eigenvalue weighted by Gasteiger charge is -2.13. The van der Waals surface area contributed by atoms with Gasteiger partial charge in [-0.3, -0.25) is 14.2 Å². The molecular weight excluding hydrogens is 462 g/mol. The molecule has 0 aliphatic carbocycles. The van der Waals surface area contributed by atoms with Gasteiger partial charge in [-0.25, -0.2) is 16.8 Å². The Balaban J connectivity index is 1.78. The van der Waals surface area contributed by atoms with Crippen LogP contribution in [0.2, 0.25) is 0 Å². The Bertz CT molecular complexity index is 1410. The highest BCUT2D eigenvalue weighted by atomic mass is 32.2. The summed E-state index contributed by atoms with van der Waals surface area (Å²) in [5.41, 5.74) is 3.70. The molecule has 0 saturated heterocycles. The van der Waals surface area contributed by atoms with E-state index in [0.29, 0.717) is 22.6 Å². The van der Waals surface area contributed by atoms with Crippen LogP contribution in [0, 0.1) is 20.8 Å². The summed E-state index contributed by atoms with van der Waals surface area (Å²) in [4.78, 5) is 12.8. The molecule has 33 heavy (non-hydrogen) atoms. The third kappa shape index (κ3) is 6.11. The number of sulfonamides is 2. The van der Waals surface area contributed by atoms with E-state index in [4.69, 9.17) is 0 Å². The Morgan fingerprint density at radius 3 is 2.09 bits per heavy atom. The fourth-order valence-corrected chi connectivity index (χ4v) is 4.90. The first kappa shape index (κ1) is 24.3. The summed E-state index contributed by atoms with van der Waals surface area (Å²) < 4.78 is 53.5. The zero-order valence-electron chi connectivity index (χ0n) is 18.6. The van der Waals surface area contributed by atoms with Crippen LogP contribution in [0.1, 0.15) is 27.0 Å². The van der Waals surface area contributed by atoms with E-state index in [9.17, 15) is 21.6 Å². The molecule has 0 fully saturated rings. The second-order valence-electron chi connectivity index (χ2n) is 7.75. The minimum atomic E-state index is -3.81. The molecule has 0 aliphatic rings. The van der Waals surface area contributed by atoms with Crippen molar-refractivity contribution in [3.05, 3.63) is 82.9 Å².